The van der Waals surface area contributed by atoms with E-state index in [-0.39, 0.29) is 23.2 Å². The summed E-state index contributed by atoms with van der Waals surface area (Å²) in [5, 5.41) is 12.4. The fourth-order valence-corrected chi connectivity index (χ4v) is 6.22. The Bertz CT molecular complexity index is 2170. The van der Waals surface area contributed by atoms with Crippen molar-refractivity contribution in [2.45, 2.75) is 32.2 Å². The van der Waals surface area contributed by atoms with Gasteiger partial charge in [0.15, 0.2) is 0 Å². The van der Waals surface area contributed by atoms with Gasteiger partial charge in [0.25, 0.3) is 5.56 Å². The number of pyridine rings is 1. The Labute approximate surface area is 274 Å². The van der Waals surface area contributed by atoms with Crippen molar-refractivity contribution in [1.82, 2.24) is 34.1 Å². The first-order chi connectivity index (χ1) is 22.7. The third-order valence-electron chi connectivity index (χ3n) is 8.57. The Morgan fingerprint density at radius 3 is 2.55 bits per heavy atom. The molecule has 4 aromatic heterocycles. The van der Waals surface area contributed by atoms with Crippen LogP contribution in [-0.2, 0) is 11.8 Å². The van der Waals surface area contributed by atoms with Crippen molar-refractivity contribution in [2.24, 2.45) is 13.0 Å². The number of aromatic nitrogens is 7. The lowest BCUT2D eigenvalue weighted by molar-refractivity contribution is -0.119. The van der Waals surface area contributed by atoms with Gasteiger partial charge in [0.2, 0.25) is 5.91 Å². The van der Waals surface area contributed by atoms with Crippen LogP contribution in [0.15, 0.2) is 96.6 Å². The number of nitrogens with one attached hydrogen (secondary N) is 1. The molecule has 1 N–H and O–H groups in total. The van der Waals surface area contributed by atoms with Gasteiger partial charge in [-0.2, -0.15) is 10.2 Å². The topological polar surface area (TPSA) is 113 Å². The van der Waals surface area contributed by atoms with Crippen molar-refractivity contribution >= 4 is 23.2 Å². The summed E-state index contributed by atoms with van der Waals surface area (Å²) in [6.45, 7) is 1.90. The molecule has 0 aliphatic carbocycles. The van der Waals surface area contributed by atoms with Gasteiger partial charge in [0, 0.05) is 53.1 Å². The number of benzene rings is 2. The van der Waals surface area contributed by atoms with Crippen LogP contribution in [0.25, 0.3) is 39.3 Å². The second kappa shape index (κ2) is 12.4. The number of carbonyl (C=O) groups excluding carboxylic acids is 1. The number of hydrogen-bond donors (Lipinski definition) is 1. The number of aryl methyl sites for hydroxylation is 1. The van der Waals surface area contributed by atoms with Crippen molar-refractivity contribution in [3.05, 3.63) is 119 Å². The van der Waals surface area contributed by atoms with Crippen LogP contribution in [0.1, 0.15) is 37.9 Å². The van der Waals surface area contributed by atoms with Gasteiger partial charge >= 0.3 is 0 Å². The van der Waals surface area contributed by atoms with Crippen LogP contribution < -0.4 is 10.9 Å². The number of anilines is 1. The first-order valence-corrected chi connectivity index (χ1v) is 15.6. The Morgan fingerprint density at radius 2 is 1.74 bits per heavy atom. The molecule has 0 saturated heterocycles. The standard InChI is InChI=1S/C35H30ClFN8O2/c1-21-4-3-5-32(30-14-22(12-13-38-30)34-31(42-35(21)47)18-40-43(34)2)44-20-39-29(16-33(44)46)28-15-24(36)6-11-27(28)23-17-41-45(19-23)26-9-7-25(37)8-10-26/h6-21,32H,3-5H2,1-2H3,(H,42,47). The maximum atomic E-state index is 13.9. The molecule has 2 atom stereocenters. The molecule has 6 aromatic rings. The number of halogens is 2. The van der Waals surface area contributed by atoms with E-state index in [2.05, 4.69) is 20.5 Å². The van der Waals surface area contributed by atoms with E-state index >= 15 is 0 Å². The zero-order valence-corrected chi connectivity index (χ0v) is 26.4. The van der Waals surface area contributed by atoms with E-state index in [1.54, 1.807) is 63.1 Å². The highest BCUT2D eigenvalue weighted by atomic mass is 35.5. The van der Waals surface area contributed by atoms with E-state index in [4.69, 9.17) is 16.6 Å². The molecule has 5 heterocycles. The lowest BCUT2D eigenvalue weighted by Crippen LogP contribution is -2.27. The molecule has 12 heteroatoms. The quantitative estimate of drug-likeness (QED) is 0.228. The maximum Gasteiger partial charge on any atom is 0.254 e. The maximum absolute atomic E-state index is 13.9. The van der Waals surface area contributed by atoms with Gasteiger partial charge in [-0.25, -0.2) is 14.1 Å². The first-order valence-electron chi connectivity index (χ1n) is 15.2. The van der Waals surface area contributed by atoms with Crippen molar-refractivity contribution < 1.29 is 9.18 Å². The average Bonchev–Trinajstić information content (AvgIpc) is 3.70. The second-order valence-electron chi connectivity index (χ2n) is 11.7. The Morgan fingerprint density at radius 1 is 0.915 bits per heavy atom. The number of amides is 1. The van der Waals surface area contributed by atoms with Crippen LogP contribution in [-0.4, -0.2) is 40.0 Å². The molecule has 10 nitrogen and oxygen atoms in total. The van der Waals surface area contributed by atoms with E-state index < -0.39 is 6.04 Å². The Balaban J connectivity index is 1.27. The van der Waals surface area contributed by atoms with Gasteiger partial charge in [-0.05, 0) is 66.9 Å². The summed E-state index contributed by atoms with van der Waals surface area (Å²) in [4.78, 5) is 36.3. The van der Waals surface area contributed by atoms with E-state index in [1.165, 1.54) is 18.2 Å². The first kappa shape index (κ1) is 30.2. The predicted molar refractivity (Wildman–Crippen MR) is 178 cm³/mol. The zero-order valence-electron chi connectivity index (χ0n) is 25.6. The molecule has 0 spiro atoms. The lowest BCUT2D eigenvalue weighted by atomic mass is 9.96. The number of nitrogens with zero attached hydrogens (tertiary/aromatic N) is 7. The van der Waals surface area contributed by atoms with Crippen LogP contribution in [0.3, 0.4) is 0 Å². The minimum absolute atomic E-state index is 0.0747. The van der Waals surface area contributed by atoms with Crippen LogP contribution >= 0.6 is 11.6 Å². The SMILES string of the molecule is CC1CCCC(n2cnc(-c3cc(Cl)ccc3-c3cnn(-c4ccc(F)cc4)c3)cc2=O)c2cc(ccn2)-c2c(cnn2C)NC1=O. The number of fused-ring (bicyclic) bond motifs is 4. The number of carbonyl (C=O) groups is 1. The molecule has 0 radical (unpaired) electrons. The van der Waals surface area contributed by atoms with Crippen LogP contribution in [0.4, 0.5) is 10.1 Å². The van der Waals surface area contributed by atoms with Gasteiger partial charge in [-0.3, -0.25) is 23.8 Å². The van der Waals surface area contributed by atoms with E-state index in [1.807, 2.05) is 38.4 Å². The fraction of sp³-hybridized carbons (Fsp3) is 0.200. The van der Waals surface area contributed by atoms with Gasteiger partial charge in [0.1, 0.15) is 5.82 Å². The van der Waals surface area contributed by atoms with Gasteiger partial charge < -0.3 is 5.32 Å². The highest BCUT2D eigenvalue weighted by Gasteiger charge is 2.24. The van der Waals surface area contributed by atoms with Crippen LogP contribution in [0.5, 0.6) is 0 Å². The van der Waals surface area contributed by atoms with E-state index in [9.17, 15) is 14.0 Å². The summed E-state index contributed by atoms with van der Waals surface area (Å²) < 4.78 is 18.5. The van der Waals surface area contributed by atoms with Gasteiger partial charge in [0.05, 0.1) is 53.2 Å². The number of hydrogen-bond acceptors (Lipinski definition) is 6. The molecule has 47 heavy (non-hydrogen) atoms. The highest BCUT2D eigenvalue weighted by Crippen LogP contribution is 2.35. The van der Waals surface area contributed by atoms with Gasteiger partial charge in [-0.1, -0.05) is 31.0 Å². The van der Waals surface area contributed by atoms with Crippen molar-refractivity contribution in [1.29, 1.82) is 0 Å². The summed E-state index contributed by atoms with van der Waals surface area (Å²) in [6.07, 6.45) is 10.4. The zero-order chi connectivity index (χ0) is 32.7. The molecule has 2 unspecified atom stereocenters. The molecule has 0 fully saturated rings. The largest absolute Gasteiger partial charge is 0.323 e. The fourth-order valence-electron chi connectivity index (χ4n) is 6.05. The molecular weight excluding hydrogens is 619 g/mol. The molecule has 2 aromatic carbocycles. The van der Waals surface area contributed by atoms with Crippen molar-refractivity contribution in [3.63, 3.8) is 0 Å². The van der Waals surface area contributed by atoms with Crippen molar-refractivity contribution in [2.75, 3.05) is 5.32 Å². The highest BCUT2D eigenvalue weighted by molar-refractivity contribution is 6.31. The molecule has 1 amide bonds. The molecule has 2 bridgehead atoms. The average molecular weight is 649 g/mol. The molecule has 1 aliphatic rings. The third-order valence-corrected chi connectivity index (χ3v) is 8.80. The molecule has 236 valence electrons. The Kier molecular flexibility index (Phi) is 7.98. The van der Waals surface area contributed by atoms with Crippen molar-refractivity contribution in [3.8, 4) is 39.3 Å². The summed E-state index contributed by atoms with van der Waals surface area (Å²) in [6, 6.07) is 16.4. The summed E-state index contributed by atoms with van der Waals surface area (Å²) in [5.74, 6) is -0.638. The molecule has 0 saturated carbocycles. The third kappa shape index (κ3) is 5.97. The summed E-state index contributed by atoms with van der Waals surface area (Å²) >= 11 is 6.44. The smallest absolute Gasteiger partial charge is 0.254 e. The summed E-state index contributed by atoms with van der Waals surface area (Å²) in [5.41, 5.74) is 6.06. The lowest BCUT2D eigenvalue weighted by Gasteiger charge is -2.22. The number of rotatable bonds is 4. The molecule has 7 rings (SSSR count). The molecule has 1 aliphatic heterocycles. The van der Waals surface area contributed by atoms with E-state index in [0.29, 0.717) is 52.6 Å². The molecular formula is C35H30ClFN8O2. The monoisotopic (exact) mass is 648 g/mol. The van der Waals surface area contributed by atoms with E-state index in [0.717, 1.165) is 22.4 Å². The minimum Gasteiger partial charge on any atom is -0.323 e. The van der Waals surface area contributed by atoms with Crippen LogP contribution in [0.2, 0.25) is 5.02 Å². The Hall–Kier alpha value is -5.42. The second-order valence-corrected chi connectivity index (χ2v) is 12.1. The predicted octanol–water partition coefficient (Wildman–Crippen LogP) is 6.70. The van der Waals surface area contributed by atoms with Gasteiger partial charge in [-0.15, -0.1) is 0 Å². The normalized spacial score (nSPS) is 16.6. The minimum atomic E-state index is -0.414. The summed E-state index contributed by atoms with van der Waals surface area (Å²) in [7, 11) is 1.82. The van der Waals surface area contributed by atoms with Crippen LogP contribution in [0, 0.1) is 11.7 Å².